The van der Waals surface area contributed by atoms with E-state index in [1.807, 2.05) is 0 Å². The number of H-pyrrole nitrogens is 1. The molecule has 1 aromatic carbocycles. The Morgan fingerprint density at radius 2 is 2.26 bits per heavy atom. The SMILES string of the molecule is [N-]=[N+]=NCC(O)C(O)c1cccc2[nH]cc(C=O)c12. The third kappa shape index (κ3) is 2.43. The third-order valence-corrected chi connectivity index (χ3v) is 2.91. The van der Waals surface area contributed by atoms with Crippen molar-refractivity contribution in [1.29, 1.82) is 0 Å². The van der Waals surface area contributed by atoms with E-state index in [4.69, 9.17) is 5.53 Å². The molecule has 7 heteroatoms. The number of aliphatic hydroxyl groups excluding tert-OH is 2. The summed E-state index contributed by atoms with van der Waals surface area (Å²) in [5.74, 6) is 0. The maximum atomic E-state index is 11.0. The van der Waals surface area contributed by atoms with Gasteiger partial charge in [-0.25, -0.2) is 0 Å². The number of carbonyl (C=O) groups excluding carboxylic acids is 1. The summed E-state index contributed by atoms with van der Waals surface area (Å²) in [6, 6.07) is 5.08. The second-order valence-electron chi connectivity index (χ2n) is 4.06. The van der Waals surface area contributed by atoms with Crippen LogP contribution in [0.4, 0.5) is 0 Å². The van der Waals surface area contributed by atoms with E-state index in [9.17, 15) is 15.0 Å². The summed E-state index contributed by atoms with van der Waals surface area (Å²) in [5.41, 5.74) is 9.71. The van der Waals surface area contributed by atoms with Crippen molar-refractivity contribution in [2.75, 3.05) is 6.54 Å². The van der Waals surface area contributed by atoms with Crippen molar-refractivity contribution >= 4 is 17.2 Å². The highest BCUT2D eigenvalue weighted by molar-refractivity contribution is 5.99. The minimum absolute atomic E-state index is 0.241. The Bertz CT molecular complexity index is 645. The lowest BCUT2D eigenvalue weighted by Gasteiger charge is -2.17. The van der Waals surface area contributed by atoms with Gasteiger partial charge in [0, 0.05) is 27.6 Å². The Hall–Kier alpha value is -2.34. The van der Waals surface area contributed by atoms with Gasteiger partial charge in [0.05, 0.1) is 12.6 Å². The average molecular weight is 260 g/mol. The highest BCUT2D eigenvalue weighted by Gasteiger charge is 2.21. The number of hydrogen-bond acceptors (Lipinski definition) is 4. The van der Waals surface area contributed by atoms with E-state index in [-0.39, 0.29) is 6.54 Å². The molecule has 0 aliphatic heterocycles. The van der Waals surface area contributed by atoms with E-state index in [0.717, 1.165) is 0 Å². The predicted molar refractivity (Wildman–Crippen MR) is 68.7 cm³/mol. The van der Waals surface area contributed by atoms with Crippen LogP contribution in [0.15, 0.2) is 29.5 Å². The molecule has 98 valence electrons. The van der Waals surface area contributed by atoms with Crippen LogP contribution in [0, 0.1) is 0 Å². The Labute approximate surface area is 108 Å². The summed E-state index contributed by atoms with van der Waals surface area (Å²) < 4.78 is 0. The van der Waals surface area contributed by atoms with Crippen molar-refractivity contribution in [2.24, 2.45) is 5.11 Å². The molecule has 7 nitrogen and oxygen atoms in total. The normalized spacial score (nSPS) is 13.8. The molecular weight excluding hydrogens is 248 g/mol. The van der Waals surface area contributed by atoms with Crippen molar-refractivity contribution in [2.45, 2.75) is 12.2 Å². The fraction of sp³-hybridized carbons (Fsp3) is 0.250. The van der Waals surface area contributed by atoms with Crippen LogP contribution in [0.5, 0.6) is 0 Å². The van der Waals surface area contributed by atoms with Gasteiger partial charge >= 0.3 is 0 Å². The fourth-order valence-corrected chi connectivity index (χ4v) is 2.01. The minimum atomic E-state index is -1.23. The molecule has 2 atom stereocenters. The fourth-order valence-electron chi connectivity index (χ4n) is 2.01. The molecule has 0 aliphatic rings. The van der Waals surface area contributed by atoms with Gasteiger partial charge in [-0.15, -0.1) is 0 Å². The zero-order chi connectivity index (χ0) is 13.8. The summed E-state index contributed by atoms with van der Waals surface area (Å²) in [5, 5.41) is 23.6. The van der Waals surface area contributed by atoms with Gasteiger partial charge in [-0.05, 0) is 17.2 Å². The largest absolute Gasteiger partial charge is 0.390 e. The molecular formula is C12H12N4O3. The molecule has 2 unspecified atom stereocenters. The van der Waals surface area contributed by atoms with Crippen LogP contribution < -0.4 is 0 Å². The van der Waals surface area contributed by atoms with E-state index in [1.165, 1.54) is 6.20 Å². The number of hydrogen-bond donors (Lipinski definition) is 3. The highest BCUT2D eigenvalue weighted by Crippen LogP contribution is 2.28. The van der Waals surface area contributed by atoms with Crippen molar-refractivity contribution in [3.8, 4) is 0 Å². The lowest BCUT2D eigenvalue weighted by molar-refractivity contribution is 0.0253. The topological polar surface area (TPSA) is 122 Å². The lowest BCUT2D eigenvalue weighted by Crippen LogP contribution is -2.21. The van der Waals surface area contributed by atoms with Crippen molar-refractivity contribution < 1.29 is 15.0 Å². The van der Waals surface area contributed by atoms with Crippen LogP contribution in [0.25, 0.3) is 21.3 Å². The Balaban J connectivity index is 2.46. The van der Waals surface area contributed by atoms with Crippen molar-refractivity contribution in [1.82, 2.24) is 4.98 Å². The molecule has 3 N–H and O–H groups in total. The van der Waals surface area contributed by atoms with Gasteiger partial charge in [-0.3, -0.25) is 4.79 Å². The molecule has 0 saturated heterocycles. The van der Waals surface area contributed by atoms with Crippen LogP contribution in [0.2, 0.25) is 0 Å². The number of aliphatic hydroxyl groups is 2. The van der Waals surface area contributed by atoms with Crippen molar-refractivity contribution in [3.05, 3.63) is 46.0 Å². The number of fused-ring (bicyclic) bond motifs is 1. The summed E-state index contributed by atoms with van der Waals surface area (Å²) >= 11 is 0. The Kier molecular flexibility index (Phi) is 3.82. The maximum absolute atomic E-state index is 11.0. The number of nitrogens with one attached hydrogen (secondary N) is 1. The first-order valence-electron chi connectivity index (χ1n) is 5.61. The van der Waals surface area contributed by atoms with Crippen LogP contribution in [0.3, 0.4) is 0 Å². The van der Waals surface area contributed by atoms with Crippen LogP contribution >= 0.6 is 0 Å². The molecule has 19 heavy (non-hydrogen) atoms. The second kappa shape index (κ2) is 5.53. The predicted octanol–water partition coefficient (Wildman–Crippen LogP) is 1.68. The molecule has 0 fully saturated rings. The van der Waals surface area contributed by atoms with Crippen LogP contribution in [-0.4, -0.2) is 34.1 Å². The molecule has 0 radical (unpaired) electrons. The first-order chi connectivity index (χ1) is 9.19. The Morgan fingerprint density at radius 1 is 1.47 bits per heavy atom. The summed E-state index contributed by atoms with van der Waals surface area (Å²) in [7, 11) is 0. The molecule has 0 amide bonds. The summed E-state index contributed by atoms with van der Waals surface area (Å²) in [6.07, 6.45) is -0.248. The quantitative estimate of drug-likeness (QED) is 0.328. The number of carbonyl (C=O) groups is 1. The van der Waals surface area contributed by atoms with E-state index >= 15 is 0 Å². The molecule has 0 saturated carbocycles. The number of rotatable bonds is 5. The van der Waals surface area contributed by atoms with Crippen LogP contribution in [0.1, 0.15) is 22.0 Å². The Morgan fingerprint density at radius 3 is 2.95 bits per heavy atom. The zero-order valence-electron chi connectivity index (χ0n) is 9.89. The van der Waals surface area contributed by atoms with E-state index < -0.39 is 12.2 Å². The maximum Gasteiger partial charge on any atom is 0.152 e. The van der Waals surface area contributed by atoms with E-state index in [0.29, 0.717) is 28.3 Å². The minimum Gasteiger partial charge on any atom is -0.390 e. The third-order valence-electron chi connectivity index (χ3n) is 2.91. The highest BCUT2D eigenvalue weighted by atomic mass is 16.3. The first-order valence-corrected chi connectivity index (χ1v) is 5.61. The van der Waals surface area contributed by atoms with E-state index in [2.05, 4.69) is 15.0 Å². The number of aromatic amines is 1. The number of benzene rings is 1. The van der Waals surface area contributed by atoms with E-state index in [1.54, 1.807) is 18.2 Å². The number of azide groups is 1. The molecule has 2 aromatic rings. The molecule has 1 aromatic heterocycles. The number of nitrogens with zero attached hydrogens (tertiary/aromatic N) is 3. The van der Waals surface area contributed by atoms with Gasteiger partial charge in [-0.1, -0.05) is 17.2 Å². The molecule has 1 heterocycles. The first kappa shape index (κ1) is 13.1. The molecule has 0 aliphatic carbocycles. The summed E-state index contributed by atoms with van der Waals surface area (Å²) in [4.78, 5) is 16.4. The molecule has 0 bridgehead atoms. The van der Waals surface area contributed by atoms with Gasteiger partial charge in [0.25, 0.3) is 0 Å². The van der Waals surface area contributed by atoms with Gasteiger partial charge in [0.1, 0.15) is 6.10 Å². The standard InChI is InChI=1S/C12H12N4O3/c13-16-15-5-10(18)12(19)8-2-1-3-9-11(8)7(6-17)4-14-9/h1-4,6,10,12,14,18-19H,5H2. The van der Waals surface area contributed by atoms with Gasteiger partial charge in [-0.2, -0.15) is 0 Å². The van der Waals surface area contributed by atoms with Gasteiger partial charge in [0.2, 0.25) is 0 Å². The smallest absolute Gasteiger partial charge is 0.152 e. The second-order valence-corrected chi connectivity index (χ2v) is 4.06. The van der Waals surface area contributed by atoms with Gasteiger partial charge < -0.3 is 15.2 Å². The zero-order valence-corrected chi connectivity index (χ0v) is 9.89. The van der Waals surface area contributed by atoms with Gasteiger partial charge in [0.15, 0.2) is 6.29 Å². The van der Waals surface area contributed by atoms with Crippen molar-refractivity contribution in [3.63, 3.8) is 0 Å². The monoisotopic (exact) mass is 260 g/mol. The molecule has 0 spiro atoms. The van der Waals surface area contributed by atoms with Crippen LogP contribution in [-0.2, 0) is 0 Å². The molecule has 2 rings (SSSR count). The lowest BCUT2D eigenvalue weighted by atomic mass is 9.98. The number of aromatic nitrogens is 1. The summed E-state index contributed by atoms with van der Waals surface area (Å²) in [6.45, 7) is -0.241. The average Bonchev–Trinajstić information content (AvgIpc) is 2.86. The number of aldehydes is 1.